The molecule has 2 aromatic rings. The predicted octanol–water partition coefficient (Wildman–Crippen LogP) is 2.60. The lowest BCUT2D eigenvalue weighted by molar-refractivity contribution is 0.961. The number of aryl methyl sites for hydroxylation is 2. The summed E-state index contributed by atoms with van der Waals surface area (Å²) < 4.78 is 2.04. The first-order valence-corrected chi connectivity index (χ1v) is 5.51. The first-order valence-electron chi connectivity index (χ1n) is 5.13. The van der Waals surface area contributed by atoms with E-state index in [9.17, 15) is 0 Å². The summed E-state index contributed by atoms with van der Waals surface area (Å²) in [7, 11) is 0. The molecule has 1 aromatic heterocycles. The number of rotatable bonds is 2. The van der Waals surface area contributed by atoms with Crippen LogP contribution in [0.1, 0.15) is 17.1 Å². The molecule has 0 aliphatic carbocycles. The number of benzene rings is 1. The Bertz CT molecular complexity index is 517. The topological polar surface area (TPSA) is 43.8 Å². The summed E-state index contributed by atoms with van der Waals surface area (Å²) in [5.41, 5.74) is 8.68. The fourth-order valence-corrected chi connectivity index (χ4v) is 1.99. The van der Waals surface area contributed by atoms with Gasteiger partial charge in [-0.15, -0.1) is 0 Å². The number of imidazole rings is 1. The lowest BCUT2D eigenvalue weighted by atomic mass is 10.2. The van der Waals surface area contributed by atoms with Crippen molar-refractivity contribution < 1.29 is 0 Å². The molecule has 84 valence electrons. The first-order chi connectivity index (χ1) is 7.61. The van der Waals surface area contributed by atoms with Gasteiger partial charge in [-0.05, 0) is 37.6 Å². The van der Waals surface area contributed by atoms with Crippen LogP contribution in [0, 0.1) is 13.8 Å². The van der Waals surface area contributed by atoms with E-state index in [1.54, 1.807) is 0 Å². The Hall–Kier alpha value is -1.32. The molecule has 0 amide bonds. The molecule has 0 fully saturated rings. The highest BCUT2D eigenvalue weighted by Gasteiger charge is 2.07. The highest BCUT2D eigenvalue weighted by Crippen LogP contribution is 2.20. The number of aromatic nitrogens is 2. The van der Waals surface area contributed by atoms with Crippen LogP contribution in [0.3, 0.4) is 0 Å². The smallest absolute Gasteiger partial charge is 0.110 e. The second-order valence-electron chi connectivity index (χ2n) is 3.78. The Balaban J connectivity index is 2.53. The fourth-order valence-electron chi connectivity index (χ4n) is 1.76. The Morgan fingerprint density at radius 2 is 2.12 bits per heavy atom. The molecule has 2 N–H and O–H groups in total. The molecule has 0 radical (unpaired) electrons. The molecule has 3 nitrogen and oxygen atoms in total. The van der Waals surface area contributed by atoms with Gasteiger partial charge in [0.25, 0.3) is 0 Å². The molecule has 0 aliphatic rings. The number of nitrogens with zero attached hydrogens (tertiary/aromatic N) is 2. The minimum absolute atomic E-state index is 0.459. The average Bonchev–Trinajstić information content (AvgIpc) is 2.60. The van der Waals surface area contributed by atoms with Gasteiger partial charge in [0.1, 0.15) is 5.82 Å². The SMILES string of the molecule is Cc1cc(Cl)ccc1-n1cc(CN)nc1C. The first kappa shape index (κ1) is 11.2. The van der Waals surface area contributed by atoms with Gasteiger partial charge in [0, 0.05) is 23.5 Å². The van der Waals surface area contributed by atoms with Crippen LogP contribution in [0.15, 0.2) is 24.4 Å². The third-order valence-electron chi connectivity index (χ3n) is 2.56. The predicted molar refractivity (Wildman–Crippen MR) is 65.9 cm³/mol. The number of nitrogens with two attached hydrogens (primary N) is 1. The molecule has 2 rings (SSSR count). The third-order valence-corrected chi connectivity index (χ3v) is 2.79. The average molecular weight is 236 g/mol. The van der Waals surface area contributed by atoms with Crippen molar-refractivity contribution in [2.24, 2.45) is 5.73 Å². The molecule has 0 saturated heterocycles. The van der Waals surface area contributed by atoms with Crippen molar-refractivity contribution in [2.75, 3.05) is 0 Å². The Kier molecular flexibility index (Phi) is 2.99. The van der Waals surface area contributed by atoms with Gasteiger partial charge in [-0.25, -0.2) is 4.98 Å². The van der Waals surface area contributed by atoms with E-state index in [0.717, 1.165) is 27.8 Å². The van der Waals surface area contributed by atoms with Crippen molar-refractivity contribution >= 4 is 11.6 Å². The van der Waals surface area contributed by atoms with Crippen LogP contribution in [0.2, 0.25) is 5.02 Å². The van der Waals surface area contributed by atoms with E-state index < -0.39 is 0 Å². The Labute approximate surface area is 99.9 Å². The highest BCUT2D eigenvalue weighted by molar-refractivity contribution is 6.30. The Morgan fingerprint density at radius 3 is 2.69 bits per heavy atom. The third kappa shape index (κ3) is 1.96. The lowest BCUT2D eigenvalue weighted by Crippen LogP contribution is -1.98. The summed E-state index contributed by atoms with van der Waals surface area (Å²) in [4.78, 5) is 4.37. The highest BCUT2D eigenvalue weighted by atomic mass is 35.5. The van der Waals surface area contributed by atoms with Gasteiger partial charge >= 0.3 is 0 Å². The second kappa shape index (κ2) is 4.28. The van der Waals surface area contributed by atoms with Crippen molar-refractivity contribution in [3.8, 4) is 5.69 Å². The lowest BCUT2D eigenvalue weighted by Gasteiger charge is -2.08. The standard InChI is InChI=1S/C12H14ClN3/c1-8-5-10(13)3-4-12(8)16-7-11(6-14)15-9(16)2/h3-5,7H,6,14H2,1-2H3. The molecule has 0 unspecified atom stereocenters. The zero-order chi connectivity index (χ0) is 11.7. The van der Waals surface area contributed by atoms with Crippen LogP contribution < -0.4 is 5.73 Å². The maximum absolute atomic E-state index is 5.93. The summed E-state index contributed by atoms with van der Waals surface area (Å²) in [6.45, 7) is 4.45. The van der Waals surface area contributed by atoms with Crippen LogP contribution >= 0.6 is 11.6 Å². The van der Waals surface area contributed by atoms with E-state index in [-0.39, 0.29) is 0 Å². The minimum Gasteiger partial charge on any atom is -0.325 e. The number of hydrogen-bond donors (Lipinski definition) is 1. The van der Waals surface area contributed by atoms with Gasteiger partial charge in [0.15, 0.2) is 0 Å². The van der Waals surface area contributed by atoms with E-state index in [1.165, 1.54) is 0 Å². The zero-order valence-electron chi connectivity index (χ0n) is 9.37. The van der Waals surface area contributed by atoms with E-state index in [4.69, 9.17) is 17.3 Å². The fraction of sp³-hybridized carbons (Fsp3) is 0.250. The van der Waals surface area contributed by atoms with Gasteiger partial charge < -0.3 is 10.3 Å². The Morgan fingerprint density at radius 1 is 1.38 bits per heavy atom. The van der Waals surface area contributed by atoms with Crippen LogP contribution in [0.4, 0.5) is 0 Å². The van der Waals surface area contributed by atoms with Crippen molar-refractivity contribution in [2.45, 2.75) is 20.4 Å². The van der Waals surface area contributed by atoms with Crippen LogP contribution in [0.25, 0.3) is 5.69 Å². The molecule has 1 aromatic carbocycles. The second-order valence-corrected chi connectivity index (χ2v) is 4.22. The van der Waals surface area contributed by atoms with Gasteiger partial charge in [0.2, 0.25) is 0 Å². The largest absolute Gasteiger partial charge is 0.325 e. The maximum Gasteiger partial charge on any atom is 0.110 e. The molecule has 0 bridgehead atoms. The van der Waals surface area contributed by atoms with Gasteiger partial charge in [-0.1, -0.05) is 11.6 Å². The molecule has 0 atom stereocenters. The quantitative estimate of drug-likeness (QED) is 0.870. The molecule has 1 heterocycles. The summed E-state index contributed by atoms with van der Waals surface area (Å²) in [6.07, 6.45) is 1.96. The molecule has 4 heteroatoms. The summed E-state index contributed by atoms with van der Waals surface area (Å²) in [5.74, 6) is 0.936. The van der Waals surface area contributed by atoms with Crippen molar-refractivity contribution in [3.05, 3.63) is 46.5 Å². The maximum atomic E-state index is 5.93. The van der Waals surface area contributed by atoms with Crippen LogP contribution in [-0.2, 0) is 6.54 Å². The van der Waals surface area contributed by atoms with Crippen LogP contribution in [0.5, 0.6) is 0 Å². The van der Waals surface area contributed by atoms with Gasteiger partial charge in [-0.3, -0.25) is 0 Å². The summed E-state index contributed by atoms with van der Waals surface area (Å²) in [6, 6.07) is 5.82. The minimum atomic E-state index is 0.459. The summed E-state index contributed by atoms with van der Waals surface area (Å²) in [5, 5.41) is 0.748. The van der Waals surface area contributed by atoms with Crippen molar-refractivity contribution in [3.63, 3.8) is 0 Å². The molecule has 0 spiro atoms. The molecule has 0 aliphatic heterocycles. The van der Waals surface area contributed by atoms with E-state index in [1.807, 2.05) is 42.8 Å². The van der Waals surface area contributed by atoms with E-state index in [2.05, 4.69) is 4.98 Å². The number of halogens is 1. The van der Waals surface area contributed by atoms with Gasteiger partial charge in [-0.2, -0.15) is 0 Å². The summed E-state index contributed by atoms with van der Waals surface area (Å²) >= 11 is 5.93. The van der Waals surface area contributed by atoms with Crippen molar-refractivity contribution in [1.82, 2.24) is 9.55 Å². The van der Waals surface area contributed by atoms with E-state index in [0.29, 0.717) is 6.54 Å². The molecular formula is C12H14ClN3. The molecular weight excluding hydrogens is 222 g/mol. The molecule has 0 saturated carbocycles. The normalized spacial score (nSPS) is 10.8. The van der Waals surface area contributed by atoms with E-state index >= 15 is 0 Å². The van der Waals surface area contributed by atoms with Crippen LogP contribution in [-0.4, -0.2) is 9.55 Å². The number of hydrogen-bond acceptors (Lipinski definition) is 2. The van der Waals surface area contributed by atoms with Crippen molar-refractivity contribution in [1.29, 1.82) is 0 Å². The molecule has 16 heavy (non-hydrogen) atoms. The van der Waals surface area contributed by atoms with Gasteiger partial charge in [0.05, 0.1) is 5.69 Å². The zero-order valence-corrected chi connectivity index (χ0v) is 10.1. The monoisotopic (exact) mass is 235 g/mol.